The summed E-state index contributed by atoms with van der Waals surface area (Å²) in [6.07, 6.45) is 1.96. The number of fused-ring (bicyclic) bond motifs is 1. The van der Waals surface area contributed by atoms with Crippen LogP contribution in [0, 0.1) is 0 Å². The Morgan fingerprint density at radius 2 is 2.15 bits per heavy atom. The lowest BCUT2D eigenvalue weighted by Crippen LogP contribution is -2.21. The van der Waals surface area contributed by atoms with E-state index in [1.165, 1.54) is 16.3 Å². The van der Waals surface area contributed by atoms with Crippen molar-refractivity contribution in [2.24, 2.45) is 5.73 Å². The molecule has 0 aromatic heterocycles. The van der Waals surface area contributed by atoms with Gasteiger partial charge >= 0.3 is 0 Å². The van der Waals surface area contributed by atoms with E-state index in [9.17, 15) is 0 Å². The fraction of sp³-hybridized carbons (Fsp3) is 0.412. The van der Waals surface area contributed by atoms with Crippen molar-refractivity contribution in [1.82, 2.24) is 0 Å². The molecule has 2 atom stereocenters. The minimum atomic E-state index is 0.114. The van der Waals surface area contributed by atoms with Gasteiger partial charge in [-0.3, -0.25) is 0 Å². The highest BCUT2D eigenvalue weighted by atomic mass is 16.5. The van der Waals surface area contributed by atoms with Gasteiger partial charge in [0.05, 0.1) is 13.2 Å². The zero-order valence-electron chi connectivity index (χ0n) is 11.8. The second-order valence-corrected chi connectivity index (χ2v) is 5.55. The molecule has 3 nitrogen and oxygen atoms in total. The van der Waals surface area contributed by atoms with E-state index in [1.807, 2.05) is 6.92 Å². The first-order valence-electron chi connectivity index (χ1n) is 7.24. The predicted molar refractivity (Wildman–Crippen MR) is 81.2 cm³/mol. The first-order chi connectivity index (χ1) is 9.74. The fourth-order valence-electron chi connectivity index (χ4n) is 2.74. The summed E-state index contributed by atoms with van der Waals surface area (Å²) in [6, 6.07) is 12.7. The van der Waals surface area contributed by atoms with Gasteiger partial charge < -0.3 is 15.2 Å². The van der Waals surface area contributed by atoms with Crippen molar-refractivity contribution >= 4 is 10.8 Å². The van der Waals surface area contributed by atoms with Crippen LogP contribution >= 0.6 is 0 Å². The molecule has 0 bridgehead atoms. The minimum absolute atomic E-state index is 0.114. The van der Waals surface area contributed by atoms with Crippen LogP contribution in [-0.4, -0.2) is 25.4 Å². The summed E-state index contributed by atoms with van der Waals surface area (Å²) in [5.74, 6) is 0.955. The number of rotatable bonds is 4. The molecule has 20 heavy (non-hydrogen) atoms. The molecule has 1 aliphatic rings. The van der Waals surface area contributed by atoms with E-state index in [2.05, 4.69) is 36.4 Å². The lowest BCUT2D eigenvalue weighted by atomic mass is 9.98. The molecular weight excluding hydrogens is 250 g/mol. The molecule has 0 radical (unpaired) electrons. The summed E-state index contributed by atoms with van der Waals surface area (Å²) in [6.45, 7) is 3.51. The number of ether oxygens (including phenoxy) is 2. The van der Waals surface area contributed by atoms with E-state index < -0.39 is 0 Å². The molecule has 106 valence electrons. The average Bonchev–Trinajstić information content (AvgIpc) is 2.94. The van der Waals surface area contributed by atoms with Crippen LogP contribution in [0.4, 0.5) is 0 Å². The second-order valence-electron chi connectivity index (χ2n) is 5.55. The lowest BCUT2D eigenvalue weighted by molar-refractivity contribution is 0.140. The highest BCUT2D eigenvalue weighted by molar-refractivity contribution is 5.87. The quantitative estimate of drug-likeness (QED) is 0.930. The maximum atomic E-state index is 6.13. The van der Waals surface area contributed by atoms with Crippen LogP contribution in [0.15, 0.2) is 36.4 Å². The fourth-order valence-corrected chi connectivity index (χ4v) is 2.74. The molecule has 1 heterocycles. The standard InChI is InChI=1S/C17H21NO2/c1-12(18)10-16-15-5-3-2-4-13(15)6-7-17(16)20-14-8-9-19-11-14/h2-7,12,14H,8-11,18H2,1H3. The molecular formula is C17H21NO2. The summed E-state index contributed by atoms with van der Waals surface area (Å²) in [7, 11) is 0. The van der Waals surface area contributed by atoms with Gasteiger partial charge in [-0.05, 0) is 30.2 Å². The van der Waals surface area contributed by atoms with Gasteiger partial charge in [0.15, 0.2) is 0 Å². The van der Waals surface area contributed by atoms with Crippen molar-refractivity contribution < 1.29 is 9.47 Å². The SMILES string of the molecule is CC(N)Cc1c(OC2CCOC2)ccc2ccccc12. The van der Waals surface area contributed by atoms with E-state index in [4.69, 9.17) is 15.2 Å². The summed E-state index contributed by atoms with van der Waals surface area (Å²) in [5, 5.41) is 2.47. The first-order valence-corrected chi connectivity index (χ1v) is 7.24. The summed E-state index contributed by atoms with van der Waals surface area (Å²) >= 11 is 0. The molecule has 0 saturated carbocycles. The van der Waals surface area contributed by atoms with Gasteiger partial charge in [-0.15, -0.1) is 0 Å². The molecule has 3 rings (SSSR count). The van der Waals surface area contributed by atoms with Crippen LogP contribution in [0.5, 0.6) is 5.75 Å². The van der Waals surface area contributed by atoms with Crippen molar-refractivity contribution in [2.75, 3.05) is 13.2 Å². The van der Waals surface area contributed by atoms with Gasteiger partial charge in [0, 0.05) is 18.0 Å². The first kappa shape index (κ1) is 13.4. The third-order valence-corrected chi connectivity index (χ3v) is 3.71. The highest BCUT2D eigenvalue weighted by Gasteiger charge is 2.19. The molecule has 3 heteroatoms. The second kappa shape index (κ2) is 5.81. The smallest absolute Gasteiger partial charge is 0.124 e. The van der Waals surface area contributed by atoms with E-state index in [0.29, 0.717) is 6.61 Å². The number of nitrogens with two attached hydrogens (primary N) is 1. The summed E-state index contributed by atoms with van der Waals surface area (Å²) in [4.78, 5) is 0. The van der Waals surface area contributed by atoms with Gasteiger partial charge in [0.25, 0.3) is 0 Å². The van der Waals surface area contributed by atoms with Crippen LogP contribution in [0.25, 0.3) is 10.8 Å². The number of hydrogen-bond donors (Lipinski definition) is 1. The Kier molecular flexibility index (Phi) is 3.90. The van der Waals surface area contributed by atoms with Crippen molar-refractivity contribution in [2.45, 2.75) is 31.9 Å². The van der Waals surface area contributed by atoms with E-state index in [0.717, 1.165) is 25.2 Å². The van der Waals surface area contributed by atoms with Gasteiger partial charge in [0.1, 0.15) is 11.9 Å². The Morgan fingerprint density at radius 1 is 1.30 bits per heavy atom. The van der Waals surface area contributed by atoms with Crippen LogP contribution < -0.4 is 10.5 Å². The molecule has 0 spiro atoms. The van der Waals surface area contributed by atoms with E-state index in [-0.39, 0.29) is 12.1 Å². The van der Waals surface area contributed by atoms with Crippen molar-refractivity contribution in [3.8, 4) is 5.75 Å². The Bertz CT molecular complexity index is 589. The highest BCUT2D eigenvalue weighted by Crippen LogP contribution is 2.30. The number of benzene rings is 2. The Balaban J connectivity index is 2.00. The van der Waals surface area contributed by atoms with Gasteiger partial charge in [-0.2, -0.15) is 0 Å². The predicted octanol–water partition coefficient (Wildman–Crippen LogP) is 2.90. The Labute approximate surface area is 119 Å². The topological polar surface area (TPSA) is 44.5 Å². The Hall–Kier alpha value is -1.58. The summed E-state index contributed by atoms with van der Waals surface area (Å²) in [5.41, 5.74) is 7.23. The van der Waals surface area contributed by atoms with E-state index >= 15 is 0 Å². The molecule has 2 aromatic carbocycles. The van der Waals surface area contributed by atoms with Crippen molar-refractivity contribution in [3.63, 3.8) is 0 Å². The van der Waals surface area contributed by atoms with E-state index in [1.54, 1.807) is 0 Å². The molecule has 1 saturated heterocycles. The van der Waals surface area contributed by atoms with Crippen LogP contribution in [-0.2, 0) is 11.2 Å². The van der Waals surface area contributed by atoms with Gasteiger partial charge in [0.2, 0.25) is 0 Å². The van der Waals surface area contributed by atoms with Crippen molar-refractivity contribution in [1.29, 1.82) is 0 Å². The summed E-state index contributed by atoms with van der Waals surface area (Å²) < 4.78 is 11.5. The zero-order valence-corrected chi connectivity index (χ0v) is 11.8. The van der Waals surface area contributed by atoms with Crippen LogP contribution in [0.3, 0.4) is 0 Å². The largest absolute Gasteiger partial charge is 0.488 e. The van der Waals surface area contributed by atoms with Crippen LogP contribution in [0.1, 0.15) is 18.9 Å². The maximum absolute atomic E-state index is 6.13. The average molecular weight is 271 g/mol. The zero-order chi connectivity index (χ0) is 13.9. The molecule has 0 amide bonds. The Morgan fingerprint density at radius 3 is 2.90 bits per heavy atom. The monoisotopic (exact) mass is 271 g/mol. The number of hydrogen-bond acceptors (Lipinski definition) is 3. The molecule has 2 aromatic rings. The maximum Gasteiger partial charge on any atom is 0.124 e. The van der Waals surface area contributed by atoms with Crippen molar-refractivity contribution in [3.05, 3.63) is 42.0 Å². The molecule has 2 N–H and O–H groups in total. The third kappa shape index (κ3) is 2.79. The minimum Gasteiger partial charge on any atom is -0.488 e. The normalized spacial score (nSPS) is 20.2. The van der Waals surface area contributed by atoms with Crippen LogP contribution in [0.2, 0.25) is 0 Å². The molecule has 1 fully saturated rings. The lowest BCUT2D eigenvalue weighted by Gasteiger charge is -2.18. The van der Waals surface area contributed by atoms with Gasteiger partial charge in [-0.25, -0.2) is 0 Å². The molecule has 2 unspecified atom stereocenters. The molecule has 0 aliphatic carbocycles. The van der Waals surface area contributed by atoms with Gasteiger partial charge in [-0.1, -0.05) is 30.3 Å². The third-order valence-electron chi connectivity index (χ3n) is 3.71. The molecule has 1 aliphatic heterocycles.